The van der Waals surface area contributed by atoms with Crippen LogP contribution in [0.1, 0.15) is 54.4 Å². The van der Waals surface area contributed by atoms with Crippen molar-refractivity contribution < 1.29 is 0 Å². The van der Waals surface area contributed by atoms with E-state index in [1.54, 1.807) is 0 Å². The van der Waals surface area contributed by atoms with E-state index in [0.717, 1.165) is 6.42 Å². The van der Waals surface area contributed by atoms with E-state index < -0.39 is 0 Å². The highest BCUT2D eigenvalue weighted by Gasteiger charge is 2.22. The van der Waals surface area contributed by atoms with Gasteiger partial charge in [0.05, 0.1) is 5.25 Å². The zero-order chi connectivity index (χ0) is 15.4. The second-order valence-electron chi connectivity index (χ2n) is 5.80. The van der Waals surface area contributed by atoms with Crippen LogP contribution < -0.4 is 5.73 Å². The van der Waals surface area contributed by atoms with Gasteiger partial charge in [-0.1, -0.05) is 32.9 Å². The van der Waals surface area contributed by atoms with E-state index in [2.05, 4.69) is 63.4 Å². The molecule has 1 nitrogen and oxygen atoms in total. The predicted molar refractivity (Wildman–Crippen MR) is 96.5 cm³/mol. The molecule has 1 heterocycles. The third kappa shape index (κ3) is 4.12. The Kier molecular flexibility index (Phi) is 5.91. The topological polar surface area (TPSA) is 26.0 Å². The van der Waals surface area contributed by atoms with E-state index in [1.165, 1.54) is 20.9 Å². The second-order valence-corrected chi connectivity index (χ2v) is 7.96. The van der Waals surface area contributed by atoms with Crippen LogP contribution >= 0.6 is 23.1 Å². The maximum Gasteiger partial charge on any atom is 0.0591 e. The normalized spacial score (nSPS) is 14.4. The molecule has 0 fully saturated rings. The van der Waals surface area contributed by atoms with Crippen molar-refractivity contribution in [2.24, 2.45) is 5.73 Å². The summed E-state index contributed by atoms with van der Waals surface area (Å²) in [4.78, 5) is 2.73. The van der Waals surface area contributed by atoms with Crippen molar-refractivity contribution >= 4 is 23.1 Å². The maximum absolute atomic E-state index is 6.39. The fraction of sp³-hybridized carbons (Fsp3) is 0.444. The molecule has 0 saturated carbocycles. The summed E-state index contributed by atoms with van der Waals surface area (Å²) in [5, 5.41) is 2.52. The molecule has 3 heteroatoms. The van der Waals surface area contributed by atoms with Gasteiger partial charge in [-0.15, -0.1) is 23.1 Å². The highest BCUT2D eigenvalue weighted by molar-refractivity contribution is 7.99. The molecule has 114 valence electrons. The molecule has 2 rings (SSSR count). The van der Waals surface area contributed by atoms with Crippen molar-refractivity contribution in [3.63, 3.8) is 0 Å². The molecule has 21 heavy (non-hydrogen) atoms. The molecule has 1 aromatic heterocycles. The van der Waals surface area contributed by atoms with E-state index in [1.807, 2.05) is 23.1 Å². The highest BCUT2D eigenvalue weighted by atomic mass is 32.2. The van der Waals surface area contributed by atoms with E-state index in [4.69, 9.17) is 5.73 Å². The summed E-state index contributed by atoms with van der Waals surface area (Å²) in [6, 6.07) is 11.3. The zero-order valence-corrected chi connectivity index (χ0v) is 14.9. The number of nitrogens with two attached hydrogens (primary N) is 1. The number of rotatable bonds is 6. The Morgan fingerprint density at radius 1 is 1.14 bits per heavy atom. The lowest BCUT2D eigenvalue weighted by Crippen LogP contribution is -2.25. The summed E-state index contributed by atoms with van der Waals surface area (Å²) < 4.78 is 0. The molecular weight excluding hydrogens is 294 g/mol. The average molecular weight is 320 g/mol. The number of benzene rings is 1. The van der Waals surface area contributed by atoms with E-state index >= 15 is 0 Å². The van der Waals surface area contributed by atoms with E-state index in [9.17, 15) is 0 Å². The van der Waals surface area contributed by atoms with Crippen molar-refractivity contribution in [1.82, 2.24) is 0 Å². The molecule has 2 unspecified atom stereocenters. The Hall–Kier alpha value is -0.770. The number of thiophene rings is 1. The first-order valence-corrected chi connectivity index (χ1v) is 9.35. The molecule has 0 radical (unpaired) electrons. The SMILES string of the molecule is CCC(N)C(Sc1ccc(C(C)C)cc1)c1sccc1C. The van der Waals surface area contributed by atoms with Crippen molar-refractivity contribution in [3.05, 3.63) is 51.7 Å². The minimum atomic E-state index is 0.192. The summed E-state index contributed by atoms with van der Waals surface area (Å²) >= 11 is 3.73. The molecule has 1 aromatic carbocycles. The summed E-state index contributed by atoms with van der Waals surface area (Å²) in [6.07, 6.45) is 0.999. The van der Waals surface area contributed by atoms with Crippen molar-refractivity contribution in [1.29, 1.82) is 0 Å². The summed E-state index contributed by atoms with van der Waals surface area (Å²) in [5.74, 6) is 0.581. The minimum Gasteiger partial charge on any atom is -0.326 e. The van der Waals surface area contributed by atoms with Crippen LogP contribution in [0.25, 0.3) is 0 Å². The van der Waals surface area contributed by atoms with Gasteiger partial charge in [-0.25, -0.2) is 0 Å². The van der Waals surface area contributed by atoms with Gasteiger partial charge in [0.2, 0.25) is 0 Å². The molecule has 2 atom stereocenters. The molecule has 2 aromatic rings. The van der Waals surface area contributed by atoms with Crippen LogP contribution in [0, 0.1) is 6.92 Å². The lowest BCUT2D eigenvalue weighted by atomic mass is 10.0. The third-order valence-corrected chi connectivity index (χ3v) is 6.46. The minimum absolute atomic E-state index is 0.192. The van der Waals surface area contributed by atoms with Gasteiger partial charge < -0.3 is 5.73 Å². The van der Waals surface area contributed by atoms with Gasteiger partial charge in [0.15, 0.2) is 0 Å². The van der Waals surface area contributed by atoms with Gasteiger partial charge in [-0.05, 0) is 54.0 Å². The van der Waals surface area contributed by atoms with Crippen molar-refractivity contribution in [2.75, 3.05) is 0 Å². The monoisotopic (exact) mass is 319 g/mol. The second kappa shape index (κ2) is 7.48. The Bertz CT molecular complexity index is 557. The number of hydrogen-bond donors (Lipinski definition) is 1. The van der Waals surface area contributed by atoms with Crippen molar-refractivity contribution in [3.8, 4) is 0 Å². The van der Waals surface area contributed by atoms with Gasteiger partial charge >= 0.3 is 0 Å². The number of aryl methyl sites for hydroxylation is 1. The Labute approximate surface area is 137 Å². The highest BCUT2D eigenvalue weighted by Crippen LogP contribution is 2.41. The summed E-state index contributed by atoms with van der Waals surface area (Å²) in [7, 11) is 0. The van der Waals surface area contributed by atoms with Crippen LogP contribution in [0.4, 0.5) is 0 Å². The van der Waals surface area contributed by atoms with Crippen LogP contribution in [0.2, 0.25) is 0 Å². The number of hydrogen-bond acceptors (Lipinski definition) is 3. The Balaban J connectivity index is 2.21. The first-order chi connectivity index (χ1) is 10.0. The molecular formula is C18H25NS2. The largest absolute Gasteiger partial charge is 0.326 e. The summed E-state index contributed by atoms with van der Waals surface area (Å²) in [5.41, 5.74) is 9.14. The maximum atomic E-state index is 6.39. The molecule has 0 aliphatic heterocycles. The fourth-order valence-electron chi connectivity index (χ4n) is 2.30. The van der Waals surface area contributed by atoms with Crippen LogP contribution in [0.3, 0.4) is 0 Å². The standard InChI is InChI=1S/C18H25NS2/c1-5-16(19)18(17-13(4)10-11-20-17)21-15-8-6-14(7-9-15)12(2)3/h6-12,16,18H,5,19H2,1-4H3. The van der Waals surface area contributed by atoms with Crippen LogP contribution in [0.5, 0.6) is 0 Å². The molecule has 0 spiro atoms. The van der Waals surface area contributed by atoms with Crippen LogP contribution in [0.15, 0.2) is 40.6 Å². The molecule has 0 aliphatic carbocycles. The van der Waals surface area contributed by atoms with Gasteiger partial charge in [0, 0.05) is 15.8 Å². The van der Waals surface area contributed by atoms with Crippen LogP contribution in [-0.4, -0.2) is 6.04 Å². The molecule has 0 aliphatic rings. The van der Waals surface area contributed by atoms with E-state index in [-0.39, 0.29) is 6.04 Å². The number of thioether (sulfide) groups is 1. The predicted octanol–water partition coefficient (Wildman–Crippen LogP) is 5.75. The molecule has 0 amide bonds. The first kappa shape index (κ1) is 16.6. The zero-order valence-electron chi connectivity index (χ0n) is 13.3. The molecule has 0 bridgehead atoms. The van der Waals surface area contributed by atoms with Crippen molar-refractivity contribution in [2.45, 2.75) is 56.2 Å². The molecule has 2 N–H and O–H groups in total. The van der Waals surface area contributed by atoms with Gasteiger partial charge in [0.1, 0.15) is 0 Å². The Morgan fingerprint density at radius 3 is 2.29 bits per heavy atom. The fourth-order valence-corrected chi connectivity index (χ4v) is 4.84. The lowest BCUT2D eigenvalue weighted by Gasteiger charge is -2.22. The van der Waals surface area contributed by atoms with Gasteiger partial charge in [-0.3, -0.25) is 0 Å². The summed E-state index contributed by atoms with van der Waals surface area (Å²) in [6.45, 7) is 8.81. The quantitative estimate of drug-likeness (QED) is 0.686. The molecule has 0 saturated heterocycles. The van der Waals surface area contributed by atoms with E-state index in [0.29, 0.717) is 11.2 Å². The lowest BCUT2D eigenvalue weighted by molar-refractivity contribution is 0.638. The third-order valence-electron chi connectivity index (χ3n) is 3.83. The van der Waals surface area contributed by atoms with Gasteiger partial charge in [0.25, 0.3) is 0 Å². The smallest absolute Gasteiger partial charge is 0.0591 e. The Morgan fingerprint density at radius 2 is 1.81 bits per heavy atom. The first-order valence-electron chi connectivity index (χ1n) is 7.59. The van der Waals surface area contributed by atoms with Gasteiger partial charge in [-0.2, -0.15) is 0 Å². The van der Waals surface area contributed by atoms with Crippen LogP contribution in [-0.2, 0) is 0 Å². The average Bonchev–Trinajstić information content (AvgIpc) is 2.90.